The van der Waals surface area contributed by atoms with Crippen LogP contribution in [-0.2, 0) is 14.4 Å². The molecule has 0 bridgehead atoms. The third-order valence-corrected chi connectivity index (χ3v) is 8.37. The molecular weight excluding hydrogens is 372 g/mol. The lowest BCUT2D eigenvalue weighted by atomic mass is 9.52. The fraction of sp³-hybridized carbons (Fsp3) is 0.609. The van der Waals surface area contributed by atoms with Gasteiger partial charge in [-0.2, -0.15) is 0 Å². The van der Waals surface area contributed by atoms with Crippen molar-refractivity contribution in [3.05, 3.63) is 35.5 Å². The maximum atomic E-state index is 11.9. The number of carbonyl (C=O) groups is 3. The first-order chi connectivity index (χ1) is 13.5. The summed E-state index contributed by atoms with van der Waals surface area (Å²) in [6, 6.07) is 0. The van der Waals surface area contributed by atoms with Crippen LogP contribution in [0.5, 0.6) is 0 Å². The van der Waals surface area contributed by atoms with Crippen molar-refractivity contribution in [1.82, 2.24) is 0 Å². The summed E-state index contributed by atoms with van der Waals surface area (Å²) in [5, 5.41) is 30.1. The summed E-state index contributed by atoms with van der Waals surface area (Å²) in [5.74, 6) is -4.03. The molecule has 0 saturated heterocycles. The number of allylic oxidation sites excluding steroid dienone is 6. The zero-order valence-corrected chi connectivity index (χ0v) is 16.9. The molecule has 29 heavy (non-hydrogen) atoms. The zero-order chi connectivity index (χ0) is 21.2. The molecule has 3 N–H and O–H groups in total. The zero-order valence-electron chi connectivity index (χ0n) is 16.9. The molecule has 6 heteroatoms. The molecular formula is C23H28O6. The third kappa shape index (κ3) is 2.75. The molecule has 0 unspecified atom stereocenters. The second-order valence-electron chi connectivity index (χ2n) is 9.67. The van der Waals surface area contributed by atoms with Crippen LogP contribution in [0.25, 0.3) is 0 Å². The van der Waals surface area contributed by atoms with Gasteiger partial charge in [-0.05, 0) is 43.3 Å². The molecule has 4 aliphatic rings. The van der Waals surface area contributed by atoms with Gasteiger partial charge in [-0.15, -0.1) is 0 Å². The molecule has 5 atom stereocenters. The maximum absolute atomic E-state index is 11.9. The van der Waals surface area contributed by atoms with Crippen molar-refractivity contribution in [3.63, 3.8) is 0 Å². The Kier molecular flexibility index (Phi) is 4.43. The summed E-state index contributed by atoms with van der Waals surface area (Å²) in [6.45, 7) is 4.16. The van der Waals surface area contributed by atoms with Crippen LogP contribution >= 0.6 is 0 Å². The van der Waals surface area contributed by atoms with Gasteiger partial charge in [-0.25, -0.2) is 0 Å². The van der Waals surface area contributed by atoms with Crippen LogP contribution in [0.1, 0.15) is 52.4 Å². The molecule has 0 aliphatic heterocycles. The van der Waals surface area contributed by atoms with Crippen LogP contribution in [0.15, 0.2) is 35.5 Å². The molecule has 1 fully saturated rings. The molecule has 4 rings (SSSR count). The summed E-state index contributed by atoms with van der Waals surface area (Å²) < 4.78 is 0. The average Bonchev–Trinajstić information content (AvgIpc) is 2.91. The summed E-state index contributed by atoms with van der Waals surface area (Å²) in [7, 11) is 0. The highest BCUT2D eigenvalue weighted by Crippen LogP contribution is 2.65. The van der Waals surface area contributed by atoms with Crippen molar-refractivity contribution in [2.75, 3.05) is 0 Å². The molecule has 156 valence electrons. The lowest BCUT2D eigenvalue weighted by molar-refractivity contribution is -0.162. The smallest absolute Gasteiger partial charge is 0.317 e. The Hall–Kier alpha value is -2.21. The summed E-state index contributed by atoms with van der Waals surface area (Å²) in [6.07, 6.45) is 10.8. The summed E-state index contributed by atoms with van der Waals surface area (Å²) >= 11 is 0. The highest BCUT2D eigenvalue weighted by atomic mass is 16.4. The topological polar surface area (TPSA) is 112 Å². The lowest BCUT2D eigenvalue weighted by Crippen LogP contribution is -2.51. The van der Waals surface area contributed by atoms with Crippen molar-refractivity contribution in [1.29, 1.82) is 0 Å². The number of ketones is 1. The van der Waals surface area contributed by atoms with E-state index in [1.165, 1.54) is 5.57 Å². The quantitative estimate of drug-likeness (QED) is 0.494. The van der Waals surface area contributed by atoms with Crippen LogP contribution in [-0.4, -0.2) is 38.6 Å². The van der Waals surface area contributed by atoms with E-state index < -0.39 is 28.9 Å². The van der Waals surface area contributed by atoms with Gasteiger partial charge in [-0.1, -0.05) is 37.6 Å². The first-order valence-electron chi connectivity index (χ1n) is 10.3. The van der Waals surface area contributed by atoms with Gasteiger partial charge in [0, 0.05) is 29.6 Å². The number of carboxylic acids is 2. The van der Waals surface area contributed by atoms with E-state index in [1.54, 1.807) is 6.08 Å². The van der Waals surface area contributed by atoms with Gasteiger partial charge in [0.1, 0.15) is 0 Å². The summed E-state index contributed by atoms with van der Waals surface area (Å²) in [5.41, 5.74) is 0.231. The predicted molar refractivity (Wildman–Crippen MR) is 105 cm³/mol. The molecule has 6 nitrogen and oxygen atoms in total. The standard InChI is InChI=1S/C23H28O6/c1-21-8-5-14(24)11-13(21)3-4-15-17(21)6-9-22(2)18(15)7-10-23(22,29)12-16(19(25)26)20(27)28/h3-4,6,11,15-16,18,29H,5,7-10,12H2,1-2H3,(H,25,26)(H,27,28)/t15-,18+,21+,22+,23+/m1/s1. The average molecular weight is 400 g/mol. The minimum atomic E-state index is -1.61. The fourth-order valence-electron chi connectivity index (χ4n) is 6.39. The fourth-order valence-corrected chi connectivity index (χ4v) is 6.39. The number of fused-ring (bicyclic) bond motifs is 5. The molecule has 0 aromatic heterocycles. The van der Waals surface area contributed by atoms with Gasteiger partial charge < -0.3 is 15.3 Å². The SMILES string of the molecule is C[C@]12CCC(=O)C=C1C=C[C@@H]1C2=CC[C@@]2(C)[C@H]1CC[C@]2(O)CC(C(=O)O)C(=O)O. The largest absolute Gasteiger partial charge is 0.481 e. The molecule has 0 spiro atoms. The van der Waals surface area contributed by atoms with E-state index in [4.69, 9.17) is 0 Å². The minimum Gasteiger partial charge on any atom is -0.481 e. The highest BCUT2D eigenvalue weighted by molar-refractivity contribution is 5.93. The second kappa shape index (κ2) is 6.39. The van der Waals surface area contributed by atoms with Gasteiger partial charge in [0.15, 0.2) is 11.7 Å². The van der Waals surface area contributed by atoms with Gasteiger partial charge in [0.2, 0.25) is 0 Å². The normalized spacial score (nSPS) is 40.6. The number of aliphatic carboxylic acids is 2. The number of carbonyl (C=O) groups excluding carboxylic acids is 1. The van der Waals surface area contributed by atoms with Gasteiger partial charge >= 0.3 is 11.9 Å². The molecule has 0 heterocycles. The van der Waals surface area contributed by atoms with Crippen molar-refractivity contribution in [2.45, 2.75) is 58.0 Å². The van der Waals surface area contributed by atoms with Crippen LogP contribution in [0.3, 0.4) is 0 Å². The molecule has 0 aromatic rings. The van der Waals surface area contributed by atoms with E-state index >= 15 is 0 Å². The Bertz CT molecular complexity index is 868. The third-order valence-electron chi connectivity index (χ3n) is 8.37. The van der Waals surface area contributed by atoms with Crippen molar-refractivity contribution < 1.29 is 29.7 Å². The lowest BCUT2D eigenvalue weighted by Gasteiger charge is -2.53. The van der Waals surface area contributed by atoms with Crippen LogP contribution in [0.2, 0.25) is 0 Å². The van der Waals surface area contributed by atoms with Crippen LogP contribution in [0, 0.1) is 28.6 Å². The highest BCUT2D eigenvalue weighted by Gasteiger charge is 2.62. The van der Waals surface area contributed by atoms with Crippen molar-refractivity contribution in [3.8, 4) is 0 Å². The number of rotatable bonds is 4. The molecule has 0 radical (unpaired) electrons. The van der Waals surface area contributed by atoms with E-state index in [9.17, 15) is 29.7 Å². The van der Waals surface area contributed by atoms with Gasteiger partial charge in [0.25, 0.3) is 0 Å². The van der Waals surface area contributed by atoms with E-state index in [2.05, 4.69) is 19.1 Å². The first-order valence-corrected chi connectivity index (χ1v) is 10.3. The number of hydrogen-bond acceptors (Lipinski definition) is 4. The Balaban J connectivity index is 1.70. The maximum Gasteiger partial charge on any atom is 0.317 e. The molecule has 4 aliphatic carbocycles. The van der Waals surface area contributed by atoms with E-state index in [0.29, 0.717) is 19.3 Å². The Morgan fingerprint density at radius 2 is 1.90 bits per heavy atom. The number of aliphatic hydroxyl groups is 1. The number of hydrogen-bond donors (Lipinski definition) is 3. The Morgan fingerprint density at radius 1 is 1.21 bits per heavy atom. The molecule has 1 saturated carbocycles. The van der Waals surface area contributed by atoms with Crippen molar-refractivity contribution in [2.24, 2.45) is 28.6 Å². The van der Waals surface area contributed by atoms with Gasteiger partial charge in [0.05, 0.1) is 5.60 Å². The number of carboxylic acid groups (broad SMARTS) is 2. The molecule has 0 aromatic carbocycles. The van der Waals surface area contributed by atoms with E-state index in [0.717, 1.165) is 18.4 Å². The second-order valence-corrected chi connectivity index (χ2v) is 9.67. The van der Waals surface area contributed by atoms with Gasteiger partial charge in [-0.3, -0.25) is 14.4 Å². The first kappa shape index (κ1) is 20.1. The minimum absolute atomic E-state index is 0.114. The monoisotopic (exact) mass is 400 g/mol. The van der Waals surface area contributed by atoms with Crippen molar-refractivity contribution >= 4 is 17.7 Å². The van der Waals surface area contributed by atoms with E-state index in [1.807, 2.05) is 13.0 Å². The van der Waals surface area contributed by atoms with Crippen LogP contribution < -0.4 is 0 Å². The van der Waals surface area contributed by atoms with Crippen LogP contribution in [0.4, 0.5) is 0 Å². The predicted octanol–water partition coefficient (Wildman–Crippen LogP) is 3.12. The molecule has 0 amide bonds. The summed E-state index contributed by atoms with van der Waals surface area (Å²) in [4.78, 5) is 34.8. The van der Waals surface area contributed by atoms with E-state index in [-0.39, 0.29) is 29.5 Å². The Labute approximate surface area is 170 Å². The Morgan fingerprint density at radius 3 is 2.55 bits per heavy atom.